The number of H-pyrrole nitrogens is 1. The number of nitrogens with one attached hydrogen (secondary N) is 1. The third kappa shape index (κ3) is 32.2. The largest absolute Gasteiger partial charge is 0.466 e. The lowest BCUT2D eigenvalue weighted by Gasteiger charge is -1.91. The summed E-state index contributed by atoms with van der Waals surface area (Å²) < 4.78 is 39.1. The first-order valence-corrected chi connectivity index (χ1v) is 9.94. The van der Waals surface area contributed by atoms with Gasteiger partial charge in [0.25, 0.3) is 0 Å². The van der Waals surface area contributed by atoms with Crippen molar-refractivity contribution in [3.05, 3.63) is 12.4 Å². The quantitative estimate of drug-likeness (QED) is 0.124. The molecule has 0 fully saturated rings. The number of nitrogens with two attached hydrogens (primary N) is 1. The molecule has 0 unspecified atom stereocenters. The van der Waals surface area contributed by atoms with E-state index in [1.54, 1.807) is 0 Å². The van der Waals surface area contributed by atoms with Gasteiger partial charge in [-0.1, -0.05) is 0 Å². The van der Waals surface area contributed by atoms with E-state index >= 15 is 0 Å². The van der Waals surface area contributed by atoms with E-state index in [4.69, 9.17) is 63.5 Å². The van der Waals surface area contributed by atoms with E-state index in [0.717, 1.165) is 0 Å². The second-order valence-electron chi connectivity index (χ2n) is 3.52. The van der Waals surface area contributed by atoms with Crippen molar-refractivity contribution in [3.8, 4) is 0 Å². The Kier molecular flexibility index (Phi) is 16.6. The maximum atomic E-state index is 12.4. The number of nitrogen functional groups attached to an aromatic ring is 1. The number of fused-ring (bicyclic) bond motifs is 1. The van der Waals surface area contributed by atoms with Crippen molar-refractivity contribution in [1.82, 2.24) is 19.9 Å². The van der Waals surface area contributed by atoms with Crippen LogP contribution in [0.2, 0.25) is 0 Å². The Hall–Kier alpha value is -1.47. The standard InChI is InChI=1S/C5H4FN5.3H3O4P.2H2O/c6-5-10-3(7)2-4(11-5)9-1-8-2;3*1-5(2,3)4;;/h1H,(H3,7,8,9,10,11);3*(H3,1,2,3,4);2*1H2. The predicted octanol–water partition coefficient (Wildman–Crippen LogP) is -4.36. The average molecular weight is 483 g/mol. The summed E-state index contributed by atoms with van der Waals surface area (Å²) in [6.07, 6.45) is 0.525. The summed E-state index contributed by atoms with van der Waals surface area (Å²) in [5.41, 5.74) is 6.05. The van der Waals surface area contributed by atoms with Gasteiger partial charge < -0.3 is 65.7 Å². The predicted molar refractivity (Wildman–Crippen MR) is 86.1 cm³/mol. The second-order valence-corrected chi connectivity index (χ2v) is 6.60. The minimum absolute atomic E-state index is 0. The van der Waals surface area contributed by atoms with E-state index in [9.17, 15) is 4.39 Å². The van der Waals surface area contributed by atoms with Gasteiger partial charge in [-0.25, -0.2) is 18.7 Å². The zero-order valence-corrected chi connectivity index (χ0v) is 15.6. The third-order valence-corrected chi connectivity index (χ3v) is 1.29. The van der Waals surface area contributed by atoms with Crippen molar-refractivity contribution in [2.75, 3.05) is 5.73 Å². The van der Waals surface area contributed by atoms with E-state index in [1.165, 1.54) is 6.33 Å². The molecule has 0 saturated carbocycles. The minimum atomic E-state index is -4.64. The zero-order valence-electron chi connectivity index (χ0n) is 13.0. The highest BCUT2D eigenvalue weighted by atomic mass is 31.2. The van der Waals surface area contributed by atoms with Crippen LogP contribution in [-0.2, 0) is 13.7 Å². The molecule has 16 N–H and O–H groups in total. The topological polar surface area (TPSA) is 377 Å². The fourth-order valence-electron chi connectivity index (χ4n) is 0.828. The average Bonchev–Trinajstić information content (AvgIpc) is 2.69. The summed E-state index contributed by atoms with van der Waals surface area (Å²) in [6, 6.07) is 0. The Morgan fingerprint density at radius 3 is 1.46 bits per heavy atom. The molecule has 168 valence electrons. The minimum Gasteiger partial charge on any atom is -0.412 e. The molecule has 0 atom stereocenters. The van der Waals surface area contributed by atoms with Gasteiger partial charge in [-0.05, 0) is 0 Å². The number of rotatable bonds is 0. The van der Waals surface area contributed by atoms with Crippen molar-refractivity contribution in [2.45, 2.75) is 0 Å². The van der Waals surface area contributed by atoms with Gasteiger partial charge in [0.05, 0.1) is 6.33 Å². The van der Waals surface area contributed by atoms with Gasteiger partial charge in [0.1, 0.15) is 5.52 Å². The van der Waals surface area contributed by atoms with Crippen LogP contribution in [0.25, 0.3) is 11.2 Å². The summed E-state index contributed by atoms with van der Waals surface area (Å²) in [6.45, 7) is 0. The molecule has 0 saturated heterocycles. The maximum absolute atomic E-state index is 12.4. The van der Waals surface area contributed by atoms with E-state index < -0.39 is 29.5 Å². The number of phosphoric acid groups is 3. The van der Waals surface area contributed by atoms with Gasteiger partial charge in [-0.15, -0.1) is 0 Å². The molecular formula is C5H17FN5O14P3. The van der Waals surface area contributed by atoms with Crippen molar-refractivity contribution in [1.29, 1.82) is 0 Å². The highest BCUT2D eigenvalue weighted by molar-refractivity contribution is 7.45. The van der Waals surface area contributed by atoms with Crippen LogP contribution in [0.15, 0.2) is 6.33 Å². The van der Waals surface area contributed by atoms with Gasteiger partial charge in [-0.3, -0.25) is 0 Å². The first-order valence-electron chi connectivity index (χ1n) is 5.24. The summed E-state index contributed by atoms with van der Waals surface area (Å²) >= 11 is 0. The monoisotopic (exact) mass is 483 g/mol. The fraction of sp³-hybridized carbons (Fsp3) is 0. The van der Waals surface area contributed by atoms with Crippen LogP contribution in [0.4, 0.5) is 10.2 Å². The van der Waals surface area contributed by atoms with E-state index in [2.05, 4.69) is 19.9 Å². The van der Waals surface area contributed by atoms with Crippen molar-refractivity contribution >= 4 is 40.4 Å². The SMILES string of the molecule is Nc1nc(F)nc2nc[nH]c12.O.O.O=P(O)(O)O.O=P(O)(O)O.O=P(O)(O)O. The van der Waals surface area contributed by atoms with Crippen LogP contribution in [0.3, 0.4) is 0 Å². The molecule has 0 aliphatic heterocycles. The lowest BCUT2D eigenvalue weighted by molar-refractivity contribution is 0.272. The molecule has 0 amide bonds. The van der Waals surface area contributed by atoms with Crippen LogP contribution < -0.4 is 5.73 Å². The molecule has 0 aromatic carbocycles. The smallest absolute Gasteiger partial charge is 0.412 e. The number of nitrogens with zero attached hydrogens (tertiary/aromatic N) is 3. The molecule has 0 bridgehead atoms. The van der Waals surface area contributed by atoms with Crippen LogP contribution in [0.1, 0.15) is 0 Å². The molecule has 28 heavy (non-hydrogen) atoms. The molecular weight excluding hydrogens is 466 g/mol. The van der Waals surface area contributed by atoms with Crippen molar-refractivity contribution < 1.29 is 73.1 Å². The summed E-state index contributed by atoms with van der Waals surface area (Å²) in [5.74, 6) is 0.0741. The molecule has 19 nitrogen and oxygen atoms in total. The molecule has 2 aromatic heterocycles. The van der Waals surface area contributed by atoms with E-state index in [1.807, 2.05) is 0 Å². The van der Waals surface area contributed by atoms with Crippen molar-refractivity contribution in [2.24, 2.45) is 0 Å². The highest BCUT2D eigenvalue weighted by Gasteiger charge is 2.05. The first kappa shape index (κ1) is 34.1. The third-order valence-electron chi connectivity index (χ3n) is 1.29. The molecule has 2 aromatic rings. The Labute approximate surface area is 152 Å². The number of hydrogen-bond acceptors (Lipinski definition) is 7. The maximum Gasteiger partial charge on any atom is 0.466 e. The fourth-order valence-corrected chi connectivity index (χ4v) is 0.828. The normalized spacial score (nSPS) is 10.5. The van der Waals surface area contributed by atoms with E-state index in [-0.39, 0.29) is 22.4 Å². The van der Waals surface area contributed by atoms with Gasteiger partial charge in [0.15, 0.2) is 11.5 Å². The number of aromatic amines is 1. The zero-order chi connectivity index (χ0) is 21.3. The number of imidazole rings is 1. The Balaban J connectivity index is -0.000000147. The van der Waals surface area contributed by atoms with Crippen LogP contribution in [0, 0.1) is 6.08 Å². The molecule has 0 aliphatic rings. The molecule has 2 heterocycles. The van der Waals surface area contributed by atoms with Gasteiger partial charge in [0.2, 0.25) is 0 Å². The van der Waals surface area contributed by atoms with Gasteiger partial charge >= 0.3 is 29.5 Å². The lowest BCUT2D eigenvalue weighted by atomic mass is 10.5. The number of aromatic nitrogens is 4. The summed E-state index contributed by atoms with van der Waals surface area (Å²) in [4.78, 5) is 77.8. The van der Waals surface area contributed by atoms with Gasteiger partial charge in [0, 0.05) is 0 Å². The Morgan fingerprint density at radius 2 is 1.14 bits per heavy atom. The summed E-state index contributed by atoms with van der Waals surface area (Å²) in [7, 11) is -13.9. The second kappa shape index (κ2) is 13.7. The number of hydrogen-bond donors (Lipinski definition) is 11. The Morgan fingerprint density at radius 1 is 0.821 bits per heavy atom. The molecule has 0 spiro atoms. The number of anilines is 1. The first-order chi connectivity index (χ1) is 11.3. The molecule has 23 heteroatoms. The highest BCUT2D eigenvalue weighted by Crippen LogP contribution is 2.26. The Bertz CT molecular complexity index is 756. The van der Waals surface area contributed by atoms with Crippen LogP contribution in [-0.4, -0.2) is 74.9 Å². The van der Waals surface area contributed by atoms with Gasteiger partial charge in [-0.2, -0.15) is 14.4 Å². The van der Waals surface area contributed by atoms with Crippen LogP contribution in [0.5, 0.6) is 0 Å². The van der Waals surface area contributed by atoms with Crippen LogP contribution >= 0.6 is 23.5 Å². The van der Waals surface area contributed by atoms with E-state index in [0.29, 0.717) is 5.52 Å². The summed E-state index contributed by atoms with van der Waals surface area (Å²) in [5, 5.41) is 0. The van der Waals surface area contributed by atoms with Crippen molar-refractivity contribution in [3.63, 3.8) is 0 Å². The molecule has 0 aliphatic carbocycles. The number of halogens is 1. The molecule has 2 rings (SSSR count). The molecule has 0 radical (unpaired) electrons. The lowest BCUT2D eigenvalue weighted by Crippen LogP contribution is -1.97.